The predicted octanol–water partition coefficient (Wildman–Crippen LogP) is 5.40. The van der Waals surface area contributed by atoms with E-state index in [0.29, 0.717) is 17.3 Å². The number of nitrogens with one attached hydrogen (secondary N) is 2. The van der Waals surface area contributed by atoms with Crippen LogP contribution < -0.4 is 15.4 Å². The Labute approximate surface area is 170 Å². The first-order valence-electron chi connectivity index (χ1n) is 9.25. The molecule has 0 atom stereocenters. The molecule has 0 radical (unpaired) electrons. The van der Waals surface area contributed by atoms with Gasteiger partial charge in [-0.05, 0) is 48.7 Å². The monoisotopic (exact) mass is 394 g/mol. The molecule has 3 rings (SSSR count). The van der Waals surface area contributed by atoms with Crippen LogP contribution >= 0.6 is 11.6 Å². The van der Waals surface area contributed by atoms with Gasteiger partial charge in [-0.3, -0.25) is 4.79 Å². The van der Waals surface area contributed by atoms with Crippen LogP contribution in [0.15, 0.2) is 78.9 Å². The van der Waals surface area contributed by atoms with Crippen LogP contribution in [-0.2, 0) is 11.2 Å². The third kappa shape index (κ3) is 6.63. The van der Waals surface area contributed by atoms with Gasteiger partial charge in [0, 0.05) is 22.5 Å². The summed E-state index contributed by atoms with van der Waals surface area (Å²) in [6.07, 6.45) is 1.91. The number of ether oxygens (including phenoxy) is 1. The molecule has 3 aromatic rings. The lowest BCUT2D eigenvalue weighted by Gasteiger charge is -2.10. The summed E-state index contributed by atoms with van der Waals surface area (Å²) in [6.45, 7) is 0.783. The van der Waals surface area contributed by atoms with E-state index in [1.54, 1.807) is 12.1 Å². The molecular formula is C23H23ClN2O2. The predicted molar refractivity (Wildman–Crippen MR) is 115 cm³/mol. The summed E-state index contributed by atoms with van der Waals surface area (Å²) in [6, 6.07) is 25.0. The van der Waals surface area contributed by atoms with Crippen LogP contribution in [0.2, 0.25) is 5.02 Å². The van der Waals surface area contributed by atoms with E-state index in [4.69, 9.17) is 16.3 Å². The minimum atomic E-state index is -0.138. The second kappa shape index (κ2) is 10.4. The molecule has 4 nitrogen and oxygen atoms in total. The number of anilines is 2. The molecule has 1 amide bonds. The molecule has 0 aliphatic heterocycles. The van der Waals surface area contributed by atoms with E-state index in [1.165, 1.54) is 5.56 Å². The van der Waals surface area contributed by atoms with Gasteiger partial charge in [-0.2, -0.15) is 0 Å². The Morgan fingerprint density at radius 1 is 0.893 bits per heavy atom. The molecule has 3 aromatic carbocycles. The Bertz CT molecular complexity index is 900. The Morgan fingerprint density at radius 3 is 2.50 bits per heavy atom. The van der Waals surface area contributed by atoms with E-state index in [2.05, 4.69) is 22.8 Å². The molecule has 5 heteroatoms. The van der Waals surface area contributed by atoms with Gasteiger partial charge in [0.05, 0.1) is 13.2 Å². The molecule has 0 aliphatic carbocycles. The van der Waals surface area contributed by atoms with E-state index >= 15 is 0 Å². The van der Waals surface area contributed by atoms with Crippen molar-refractivity contribution in [2.45, 2.75) is 12.8 Å². The minimum Gasteiger partial charge on any atom is -0.494 e. The van der Waals surface area contributed by atoms with Crippen LogP contribution in [0, 0.1) is 0 Å². The molecule has 0 aliphatic rings. The third-order valence-corrected chi connectivity index (χ3v) is 4.35. The summed E-state index contributed by atoms with van der Waals surface area (Å²) in [5, 5.41) is 6.55. The lowest BCUT2D eigenvalue weighted by Crippen LogP contribution is -2.21. The lowest BCUT2D eigenvalue weighted by atomic mass is 10.1. The Kier molecular flexibility index (Phi) is 7.33. The van der Waals surface area contributed by atoms with Crippen molar-refractivity contribution in [3.8, 4) is 5.75 Å². The summed E-state index contributed by atoms with van der Waals surface area (Å²) in [5.41, 5.74) is 2.82. The molecule has 0 saturated carbocycles. The van der Waals surface area contributed by atoms with Crippen LogP contribution in [0.5, 0.6) is 5.75 Å². The second-order valence-electron chi connectivity index (χ2n) is 6.38. The summed E-state index contributed by atoms with van der Waals surface area (Å²) in [7, 11) is 0. The number of carbonyl (C=O) groups excluding carboxylic acids is 1. The van der Waals surface area contributed by atoms with Gasteiger partial charge >= 0.3 is 0 Å². The number of amides is 1. The summed E-state index contributed by atoms with van der Waals surface area (Å²) < 4.78 is 5.81. The highest BCUT2D eigenvalue weighted by Crippen LogP contribution is 2.18. The molecule has 0 saturated heterocycles. The Hall–Kier alpha value is -2.98. The SMILES string of the molecule is O=C(CNc1cccc(Cl)c1)Nc1cccc(OCCCc2ccccc2)c1. The molecule has 0 unspecified atom stereocenters. The van der Waals surface area contributed by atoms with Crippen LogP contribution in [0.1, 0.15) is 12.0 Å². The largest absolute Gasteiger partial charge is 0.494 e. The van der Waals surface area contributed by atoms with Crippen LogP contribution in [0.3, 0.4) is 0 Å². The number of hydrogen-bond acceptors (Lipinski definition) is 3. The van der Waals surface area contributed by atoms with Crippen molar-refractivity contribution in [3.05, 3.63) is 89.4 Å². The second-order valence-corrected chi connectivity index (χ2v) is 6.81. The molecule has 0 spiro atoms. The topological polar surface area (TPSA) is 50.4 Å². The first-order valence-corrected chi connectivity index (χ1v) is 9.63. The van der Waals surface area contributed by atoms with Gasteiger partial charge in [-0.25, -0.2) is 0 Å². The van der Waals surface area contributed by atoms with Crippen molar-refractivity contribution in [2.24, 2.45) is 0 Å². The molecule has 0 aromatic heterocycles. The number of halogens is 1. The number of benzene rings is 3. The Balaban J connectivity index is 1.42. The average Bonchev–Trinajstić information content (AvgIpc) is 2.71. The lowest BCUT2D eigenvalue weighted by molar-refractivity contribution is -0.114. The van der Waals surface area contributed by atoms with Crippen molar-refractivity contribution >= 4 is 28.9 Å². The van der Waals surface area contributed by atoms with Gasteiger partial charge < -0.3 is 15.4 Å². The minimum absolute atomic E-state index is 0.138. The highest BCUT2D eigenvalue weighted by molar-refractivity contribution is 6.30. The number of rotatable bonds is 9. The number of hydrogen-bond donors (Lipinski definition) is 2. The van der Waals surface area contributed by atoms with E-state index in [0.717, 1.165) is 24.3 Å². The third-order valence-electron chi connectivity index (χ3n) is 4.12. The molecule has 144 valence electrons. The first kappa shape index (κ1) is 19.8. The van der Waals surface area contributed by atoms with Crippen molar-refractivity contribution in [1.29, 1.82) is 0 Å². The maximum atomic E-state index is 12.2. The van der Waals surface area contributed by atoms with Crippen molar-refractivity contribution in [3.63, 3.8) is 0 Å². The maximum Gasteiger partial charge on any atom is 0.243 e. The van der Waals surface area contributed by atoms with Crippen molar-refractivity contribution < 1.29 is 9.53 Å². The zero-order valence-electron chi connectivity index (χ0n) is 15.5. The average molecular weight is 395 g/mol. The van der Waals surface area contributed by atoms with Gasteiger partial charge in [0.2, 0.25) is 5.91 Å². The molecule has 28 heavy (non-hydrogen) atoms. The van der Waals surface area contributed by atoms with Crippen LogP contribution in [-0.4, -0.2) is 19.1 Å². The highest BCUT2D eigenvalue weighted by atomic mass is 35.5. The van der Waals surface area contributed by atoms with E-state index in [-0.39, 0.29) is 12.5 Å². The molecule has 0 bridgehead atoms. The summed E-state index contributed by atoms with van der Waals surface area (Å²) >= 11 is 5.94. The number of carbonyl (C=O) groups is 1. The smallest absolute Gasteiger partial charge is 0.243 e. The van der Waals surface area contributed by atoms with E-state index in [1.807, 2.05) is 54.6 Å². The van der Waals surface area contributed by atoms with Gasteiger partial charge in [-0.1, -0.05) is 54.1 Å². The fourth-order valence-corrected chi connectivity index (χ4v) is 2.95. The van der Waals surface area contributed by atoms with Crippen LogP contribution in [0.4, 0.5) is 11.4 Å². The Morgan fingerprint density at radius 2 is 1.68 bits per heavy atom. The summed E-state index contributed by atoms with van der Waals surface area (Å²) in [5.74, 6) is 0.606. The number of aryl methyl sites for hydroxylation is 1. The highest BCUT2D eigenvalue weighted by Gasteiger charge is 2.04. The fraction of sp³-hybridized carbons (Fsp3) is 0.174. The summed E-state index contributed by atoms with van der Waals surface area (Å²) in [4.78, 5) is 12.2. The maximum absolute atomic E-state index is 12.2. The van der Waals surface area contributed by atoms with Gasteiger partial charge in [0.15, 0.2) is 0 Å². The molecule has 0 fully saturated rings. The zero-order chi connectivity index (χ0) is 19.6. The van der Waals surface area contributed by atoms with Crippen molar-refractivity contribution in [2.75, 3.05) is 23.8 Å². The zero-order valence-corrected chi connectivity index (χ0v) is 16.3. The van der Waals surface area contributed by atoms with Crippen molar-refractivity contribution in [1.82, 2.24) is 0 Å². The molecule has 0 heterocycles. The standard InChI is InChI=1S/C23H23ClN2O2/c24-19-10-4-11-20(15-19)25-17-23(27)26-21-12-5-13-22(16-21)28-14-6-9-18-7-2-1-3-8-18/h1-5,7-8,10-13,15-16,25H,6,9,14,17H2,(H,26,27). The van der Waals surface area contributed by atoms with E-state index < -0.39 is 0 Å². The molecular weight excluding hydrogens is 372 g/mol. The van der Waals surface area contributed by atoms with Gasteiger partial charge in [0.25, 0.3) is 0 Å². The normalized spacial score (nSPS) is 10.3. The quantitative estimate of drug-likeness (QED) is 0.477. The van der Waals surface area contributed by atoms with Gasteiger partial charge in [-0.15, -0.1) is 0 Å². The van der Waals surface area contributed by atoms with Gasteiger partial charge in [0.1, 0.15) is 5.75 Å². The van der Waals surface area contributed by atoms with E-state index in [9.17, 15) is 4.79 Å². The fourth-order valence-electron chi connectivity index (χ4n) is 2.76. The van der Waals surface area contributed by atoms with Crippen LogP contribution in [0.25, 0.3) is 0 Å². The molecule has 2 N–H and O–H groups in total. The first-order chi connectivity index (χ1) is 13.7.